The number of carbonyl (C=O) groups excluding carboxylic acids is 1. The molecule has 1 aliphatic heterocycles. The number of aliphatic hydroxyl groups excluding tert-OH is 1. The van der Waals surface area contributed by atoms with E-state index in [0.717, 1.165) is 50.3 Å². The largest absolute Gasteiger partial charge is 0.496 e. The average molecular weight is 857 g/mol. The summed E-state index contributed by atoms with van der Waals surface area (Å²) in [5.41, 5.74) is 4.76. The van der Waals surface area contributed by atoms with Crippen LogP contribution in [0.2, 0.25) is 5.02 Å². The van der Waals surface area contributed by atoms with Crippen molar-refractivity contribution in [1.82, 2.24) is 24.8 Å². The summed E-state index contributed by atoms with van der Waals surface area (Å²) in [7, 11) is 6.37. The van der Waals surface area contributed by atoms with Crippen LogP contribution in [-0.2, 0) is 17.9 Å². The SMILES string of the molecule is CO.COc1cc(Nc2cccc(-c3cccc(Nc4nc(C(F)F)nc5cc(CN6CC(C)(O)C6)cnc45)c3Cl)c2C=N)cc(OC)c1CN(C)C12CCC(C=O)(CC1)C2. The van der Waals surface area contributed by atoms with Crippen molar-refractivity contribution in [2.24, 2.45) is 5.41 Å². The van der Waals surface area contributed by atoms with Crippen molar-refractivity contribution in [2.45, 2.75) is 69.7 Å². The minimum absolute atomic E-state index is 0.0294. The summed E-state index contributed by atoms with van der Waals surface area (Å²) in [5.74, 6) is 0.712. The Morgan fingerprint density at radius 2 is 1.64 bits per heavy atom. The van der Waals surface area contributed by atoms with Gasteiger partial charge in [-0.1, -0.05) is 35.9 Å². The lowest BCUT2D eigenvalue weighted by Gasteiger charge is -2.44. The normalized spacial score (nSPS) is 20.3. The van der Waals surface area contributed by atoms with Gasteiger partial charge in [-0.2, -0.15) is 0 Å². The number of hydrogen-bond donors (Lipinski definition) is 5. The average Bonchev–Trinajstić information content (AvgIpc) is 3.83. The fraction of sp³-hybridized carbons (Fsp3) is 0.400. The number of nitrogens with one attached hydrogen (secondary N) is 3. The Kier molecular flexibility index (Phi) is 12.6. The standard InChI is InChI=1S/C44H47ClF2N8O4.CH4O/c1-42(57)23-55(24-42)20-26-15-34-38(49-19-26)40(53-41(52-34)39(46)47)51-33-10-6-8-29(37(33)45)28-7-5-9-32(30(28)18-48)50-27-16-35(58-3)31(36(17-27)59-4)21-54(2)44-13-11-43(22-44,25-56)12-14-44;1-2/h5-10,15-19,25,39,48,50,57H,11-14,20-24H2,1-4H3,(H,51,52,53);2H,1H3. The van der Waals surface area contributed by atoms with Gasteiger partial charge in [0.15, 0.2) is 11.6 Å². The molecular formula is C45H51ClF2N8O5. The fourth-order valence-corrected chi connectivity index (χ4v) is 9.61. The molecule has 16 heteroatoms. The van der Waals surface area contributed by atoms with Crippen molar-refractivity contribution >= 4 is 58.0 Å². The molecular weight excluding hydrogens is 806 g/mol. The number of hydrogen-bond acceptors (Lipinski definition) is 13. The number of anilines is 4. The molecule has 2 aromatic heterocycles. The van der Waals surface area contributed by atoms with Crippen LogP contribution in [0.4, 0.5) is 31.7 Å². The molecule has 2 aliphatic carbocycles. The van der Waals surface area contributed by atoms with Crippen molar-refractivity contribution in [1.29, 1.82) is 5.41 Å². The number of ether oxygens (including phenoxy) is 2. The highest BCUT2D eigenvalue weighted by atomic mass is 35.5. The van der Waals surface area contributed by atoms with Gasteiger partial charge in [0.2, 0.25) is 0 Å². The summed E-state index contributed by atoms with van der Waals surface area (Å²) in [4.78, 5) is 29.1. The Morgan fingerprint density at radius 3 is 2.23 bits per heavy atom. The highest BCUT2D eigenvalue weighted by Crippen LogP contribution is 2.58. The zero-order chi connectivity index (χ0) is 43.7. The van der Waals surface area contributed by atoms with Gasteiger partial charge in [0, 0.05) is 91.3 Å². The van der Waals surface area contributed by atoms with E-state index in [0.29, 0.717) is 76.9 Å². The van der Waals surface area contributed by atoms with E-state index in [-0.39, 0.29) is 27.3 Å². The van der Waals surface area contributed by atoms with E-state index >= 15 is 0 Å². The molecule has 322 valence electrons. The first-order chi connectivity index (χ1) is 29.3. The number of aromatic nitrogens is 3. The van der Waals surface area contributed by atoms with Gasteiger partial charge in [-0.3, -0.25) is 14.8 Å². The number of nitrogens with zero attached hydrogens (tertiary/aromatic N) is 5. The maximum absolute atomic E-state index is 14.1. The molecule has 1 saturated heterocycles. The lowest BCUT2D eigenvalue weighted by atomic mass is 9.85. The number of fused-ring (bicyclic) bond motifs is 3. The van der Waals surface area contributed by atoms with Gasteiger partial charge in [-0.05, 0) is 75.4 Å². The Bertz CT molecular complexity index is 2410. The molecule has 0 radical (unpaired) electrons. The molecule has 0 spiro atoms. The number of pyridine rings is 1. The second kappa shape index (κ2) is 17.6. The van der Waals surface area contributed by atoms with E-state index in [4.69, 9.17) is 31.6 Å². The highest BCUT2D eigenvalue weighted by molar-refractivity contribution is 6.36. The molecule has 0 atom stereocenters. The van der Waals surface area contributed by atoms with E-state index in [2.05, 4.69) is 37.5 Å². The van der Waals surface area contributed by atoms with Gasteiger partial charge in [0.25, 0.3) is 6.43 Å². The first kappa shape index (κ1) is 43.8. The third-order valence-electron chi connectivity index (χ3n) is 12.3. The summed E-state index contributed by atoms with van der Waals surface area (Å²) in [6.45, 7) is 3.84. The zero-order valence-corrected chi connectivity index (χ0v) is 35.6. The molecule has 8 rings (SSSR count). The lowest BCUT2D eigenvalue weighted by Crippen LogP contribution is -2.59. The number of aldehydes is 1. The maximum atomic E-state index is 14.1. The van der Waals surface area contributed by atoms with E-state index in [1.54, 1.807) is 45.5 Å². The number of rotatable bonds is 15. The molecule has 5 aromatic rings. The Hall–Kier alpha value is -5.32. The number of β-amino-alcohol motifs (C(OH)–C–C–N with tert-alkyl or cyclic N) is 1. The predicted molar refractivity (Wildman–Crippen MR) is 233 cm³/mol. The van der Waals surface area contributed by atoms with Crippen molar-refractivity contribution in [3.8, 4) is 22.6 Å². The number of methoxy groups -OCH3 is 2. The number of aliphatic hydroxyl groups is 2. The van der Waals surface area contributed by atoms with E-state index < -0.39 is 17.9 Å². The molecule has 3 aromatic carbocycles. The minimum atomic E-state index is -2.93. The molecule has 2 saturated carbocycles. The first-order valence-electron chi connectivity index (χ1n) is 20.0. The highest BCUT2D eigenvalue weighted by Gasteiger charge is 2.56. The molecule has 3 heterocycles. The third-order valence-corrected chi connectivity index (χ3v) is 12.7. The van der Waals surface area contributed by atoms with E-state index in [1.807, 2.05) is 41.3 Å². The van der Waals surface area contributed by atoms with Crippen molar-refractivity contribution in [3.63, 3.8) is 0 Å². The van der Waals surface area contributed by atoms with Gasteiger partial charge < -0.3 is 40.5 Å². The van der Waals surface area contributed by atoms with Crippen LogP contribution >= 0.6 is 11.6 Å². The van der Waals surface area contributed by atoms with Gasteiger partial charge in [-0.25, -0.2) is 18.7 Å². The number of alkyl halides is 2. The Morgan fingerprint density at radius 1 is 0.984 bits per heavy atom. The molecule has 13 nitrogen and oxygen atoms in total. The number of benzene rings is 3. The molecule has 61 heavy (non-hydrogen) atoms. The summed E-state index contributed by atoms with van der Waals surface area (Å²) in [6, 6.07) is 16.4. The maximum Gasteiger partial charge on any atom is 0.297 e. The third kappa shape index (κ3) is 8.62. The van der Waals surface area contributed by atoms with Crippen molar-refractivity contribution in [2.75, 3.05) is 52.1 Å². The zero-order valence-electron chi connectivity index (χ0n) is 34.9. The van der Waals surface area contributed by atoms with Crippen LogP contribution < -0.4 is 20.1 Å². The van der Waals surface area contributed by atoms with Gasteiger partial charge in [0.05, 0.1) is 41.6 Å². The van der Waals surface area contributed by atoms with Gasteiger partial charge in [-0.15, -0.1) is 0 Å². The van der Waals surface area contributed by atoms with Gasteiger partial charge >= 0.3 is 0 Å². The van der Waals surface area contributed by atoms with Crippen LogP contribution in [0.3, 0.4) is 0 Å². The summed E-state index contributed by atoms with van der Waals surface area (Å²) in [5, 5.41) is 32.5. The molecule has 5 N–H and O–H groups in total. The number of carbonyl (C=O) groups is 1. The van der Waals surface area contributed by atoms with Crippen molar-refractivity contribution in [3.05, 3.63) is 88.3 Å². The number of likely N-dealkylation sites (tertiary alicyclic amines) is 1. The van der Waals surface area contributed by atoms with Crippen molar-refractivity contribution < 1.29 is 33.3 Å². The predicted octanol–water partition coefficient (Wildman–Crippen LogP) is 8.29. The van der Waals surface area contributed by atoms with Gasteiger partial charge in [0.1, 0.15) is 23.3 Å². The van der Waals surface area contributed by atoms with Crippen LogP contribution in [0.15, 0.2) is 60.8 Å². The lowest BCUT2D eigenvalue weighted by molar-refractivity contribution is -0.115. The second-order valence-electron chi connectivity index (χ2n) is 16.5. The molecule has 3 aliphatic rings. The topological polar surface area (TPSA) is 169 Å². The van der Waals surface area contributed by atoms with Crippen LogP contribution in [0.1, 0.15) is 68.0 Å². The van der Waals surface area contributed by atoms with Crippen LogP contribution in [-0.4, -0.2) is 100 Å². The molecule has 2 bridgehead atoms. The molecule has 3 fully saturated rings. The van der Waals surface area contributed by atoms with Crippen LogP contribution in [0.5, 0.6) is 11.5 Å². The quantitative estimate of drug-likeness (QED) is 0.0506. The number of halogens is 3. The Labute approximate surface area is 358 Å². The summed E-state index contributed by atoms with van der Waals surface area (Å²) >= 11 is 7.09. The van der Waals surface area contributed by atoms with E-state index in [9.17, 15) is 18.7 Å². The second-order valence-corrected chi connectivity index (χ2v) is 16.9. The van der Waals surface area contributed by atoms with Crippen LogP contribution in [0, 0.1) is 10.8 Å². The molecule has 0 amide bonds. The van der Waals surface area contributed by atoms with Crippen LogP contribution in [0.25, 0.3) is 22.2 Å². The Balaban J connectivity index is 0.00000277. The molecule has 0 unspecified atom stereocenters. The summed E-state index contributed by atoms with van der Waals surface area (Å²) in [6.07, 6.45) is 5.83. The fourth-order valence-electron chi connectivity index (χ4n) is 9.34. The summed E-state index contributed by atoms with van der Waals surface area (Å²) < 4.78 is 40.0. The van der Waals surface area contributed by atoms with E-state index in [1.165, 1.54) is 12.5 Å². The first-order valence-corrected chi connectivity index (χ1v) is 20.4. The minimum Gasteiger partial charge on any atom is -0.496 e. The smallest absolute Gasteiger partial charge is 0.297 e. The monoisotopic (exact) mass is 856 g/mol.